The van der Waals surface area contributed by atoms with Crippen molar-refractivity contribution in [2.75, 3.05) is 6.54 Å². The molecule has 112 valence electrons. The van der Waals surface area contributed by atoms with Crippen LogP contribution in [0.4, 0.5) is 4.39 Å². The first-order valence-electron chi connectivity index (χ1n) is 7.38. The van der Waals surface area contributed by atoms with Gasteiger partial charge in [-0.2, -0.15) is 0 Å². The zero-order chi connectivity index (χ0) is 14.8. The van der Waals surface area contributed by atoms with Crippen molar-refractivity contribution in [3.05, 3.63) is 39.6 Å². The summed E-state index contributed by atoms with van der Waals surface area (Å²) in [4.78, 5) is 5.91. The summed E-state index contributed by atoms with van der Waals surface area (Å²) in [6.07, 6.45) is 4.33. The van der Waals surface area contributed by atoms with Crippen molar-refractivity contribution in [3.8, 4) is 10.6 Å². The van der Waals surface area contributed by atoms with Gasteiger partial charge < -0.3 is 5.32 Å². The molecule has 1 aromatic carbocycles. The zero-order valence-electron chi connectivity index (χ0n) is 12.0. The number of nitrogens with one attached hydrogen (secondary N) is 1. The highest BCUT2D eigenvalue weighted by Gasteiger charge is 2.25. The largest absolute Gasteiger partial charge is 0.309 e. The van der Waals surface area contributed by atoms with Gasteiger partial charge in [0.05, 0.1) is 16.3 Å². The van der Waals surface area contributed by atoms with Crippen molar-refractivity contribution in [3.63, 3.8) is 0 Å². The Kier molecular flexibility index (Phi) is 4.57. The van der Waals surface area contributed by atoms with Crippen molar-refractivity contribution in [2.45, 2.75) is 38.6 Å². The predicted molar refractivity (Wildman–Crippen MR) is 86.5 cm³/mol. The van der Waals surface area contributed by atoms with Crippen molar-refractivity contribution in [2.24, 2.45) is 0 Å². The number of benzene rings is 1. The first kappa shape index (κ1) is 14.9. The summed E-state index contributed by atoms with van der Waals surface area (Å²) in [6.45, 7) is 3.16. The third-order valence-corrected chi connectivity index (χ3v) is 5.31. The lowest BCUT2D eigenvalue weighted by atomic mass is 9.98. The minimum atomic E-state index is -0.299. The molecular formula is C16H18ClFN2S. The van der Waals surface area contributed by atoms with Crippen LogP contribution in [0.15, 0.2) is 18.2 Å². The molecular weight excluding hydrogens is 307 g/mol. The van der Waals surface area contributed by atoms with E-state index in [1.165, 1.54) is 10.9 Å². The number of aryl methyl sites for hydroxylation is 1. The van der Waals surface area contributed by atoms with E-state index in [9.17, 15) is 4.39 Å². The summed E-state index contributed by atoms with van der Waals surface area (Å²) in [7, 11) is 0. The lowest BCUT2D eigenvalue weighted by Crippen LogP contribution is -2.24. The second kappa shape index (κ2) is 6.42. The van der Waals surface area contributed by atoms with Crippen LogP contribution in [0, 0.1) is 5.82 Å². The Morgan fingerprint density at radius 1 is 1.48 bits per heavy atom. The molecule has 0 saturated carbocycles. The van der Waals surface area contributed by atoms with Gasteiger partial charge in [-0.1, -0.05) is 24.6 Å². The Labute approximate surface area is 133 Å². The number of nitrogens with zero attached hydrogens (tertiary/aromatic N) is 1. The van der Waals surface area contributed by atoms with Gasteiger partial charge in [-0.15, -0.1) is 11.3 Å². The fraction of sp³-hybridized carbons (Fsp3) is 0.438. The quantitative estimate of drug-likeness (QED) is 0.858. The van der Waals surface area contributed by atoms with E-state index in [0.717, 1.165) is 37.9 Å². The van der Waals surface area contributed by atoms with Gasteiger partial charge in [0.1, 0.15) is 10.8 Å². The van der Waals surface area contributed by atoms with E-state index in [1.54, 1.807) is 23.5 Å². The van der Waals surface area contributed by atoms with Gasteiger partial charge in [0.15, 0.2) is 0 Å². The molecule has 3 rings (SSSR count). The molecule has 21 heavy (non-hydrogen) atoms. The van der Waals surface area contributed by atoms with E-state index in [-0.39, 0.29) is 5.82 Å². The molecule has 1 aliphatic rings. The van der Waals surface area contributed by atoms with E-state index < -0.39 is 0 Å². The van der Waals surface area contributed by atoms with E-state index in [0.29, 0.717) is 21.6 Å². The number of aromatic nitrogens is 1. The first-order chi connectivity index (χ1) is 10.2. The molecule has 1 atom stereocenters. The van der Waals surface area contributed by atoms with Crippen LogP contribution in [-0.2, 0) is 6.42 Å². The maximum absolute atomic E-state index is 14.1. The maximum atomic E-state index is 14.1. The first-order valence-corrected chi connectivity index (χ1v) is 8.57. The van der Waals surface area contributed by atoms with Crippen molar-refractivity contribution in [1.82, 2.24) is 10.3 Å². The molecule has 5 heteroatoms. The molecule has 0 aliphatic heterocycles. The van der Waals surface area contributed by atoms with Crippen molar-refractivity contribution in [1.29, 1.82) is 0 Å². The fourth-order valence-corrected chi connectivity index (χ4v) is 4.33. The molecule has 0 amide bonds. The highest BCUT2D eigenvalue weighted by atomic mass is 35.5. The molecule has 1 aromatic heterocycles. The molecule has 0 fully saturated rings. The number of halogens is 2. The molecule has 1 aliphatic carbocycles. The monoisotopic (exact) mass is 324 g/mol. The minimum Gasteiger partial charge on any atom is -0.309 e. The summed E-state index contributed by atoms with van der Waals surface area (Å²) < 4.78 is 14.1. The smallest absolute Gasteiger partial charge is 0.134 e. The normalized spacial score (nSPS) is 17.8. The molecule has 1 N–H and O–H groups in total. The Morgan fingerprint density at radius 3 is 3.10 bits per heavy atom. The summed E-state index contributed by atoms with van der Waals surface area (Å²) >= 11 is 7.74. The van der Waals surface area contributed by atoms with Crippen molar-refractivity contribution >= 4 is 22.9 Å². The van der Waals surface area contributed by atoms with E-state index in [4.69, 9.17) is 11.6 Å². The second-order valence-electron chi connectivity index (χ2n) is 5.33. The summed E-state index contributed by atoms with van der Waals surface area (Å²) in [5.74, 6) is -0.299. The van der Waals surface area contributed by atoms with E-state index in [1.807, 2.05) is 0 Å². The Bertz CT molecular complexity index is 621. The number of hydrogen-bond acceptors (Lipinski definition) is 3. The number of fused-ring (bicyclic) bond motifs is 1. The van der Waals surface area contributed by atoms with Gasteiger partial charge in [0.25, 0.3) is 0 Å². The predicted octanol–water partition coefficient (Wildman–Crippen LogP) is 4.98. The highest BCUT2D eigenvalue weighted by Crippen LogP contribution is 2.40. The summed E-state index contributed by atoms with van der Waals surface area (Å²) in [6, 6.07) is 5.13. The molecule has 2 aromatic rings. The van der Waals surface area contributed by atoms with Crippen LogP contribution in [0.5, 0.6) is 0 Å². The summed E-state index contributed by atoms with van der Waals surface area (Å²) in [5.41, 5.74) is 1.54. The van der Waals surface area contributed by atoms with Crippen LogP contribution in [-0.4, -0.2) is 11.5 Å². The van der Waals surface area contributed by atoms with Crippen LogP contribution in [0.2, 0.25) is 5.02 Å². The fourth-order valence-electron chi connectivity index (χ4n) is 2.74. The number of rotatable bonds is 4. The van der Waals surface area contributed by atoms with Crippen LogP contribution in [0.3, 0.4) is 0 Å². The van der Waals surface area contributed by atoms with Crippen LogP contribution < -0.4 is 5.32 Å². The van der Waals surface area contributed by atoms with Gasteiger partial charge >= 0.3 is 0 Å². The lowest BCUT2D eigenvalue weighted by Gasteiger charge is -2.22. The summed E-state index contributed by atoms with van der Waals surface area (Å²) in [5, 5.41) is 4.70. The molecule has 0 saturated heterocycles. The Hall–Kier alpha value is -0.970. The minimum absolute atomic E-state index is 0.299. The third-order valence-electron chi connectivity index (χ3n) is 3.77. The molecule has 0 spiro atoms. The zero-order valence-corrected chi connectivity index (χ0v) is 13.5. The van der Waals surface area contributed by atoms with Crippen molar-refractivity contribution < 1.29 is 4.39 Å². The van der Waals surface area contributed by atoms with Gasteiger partial charge in [-0.05, 0) is 44.4 Å². The van der Waals surface area contributed by atoms with Gasteiger partial charge in [-0.3, -0.25) is 0 Å². The van der Waals surface area contributed by atoms with E-state index in [2.05, 4.69) is 17.2 Å². The molecule has 0 radical (unpaired) electrons. The average Bonchev–Trinajstić information content (AvgIpc) is 2.89. The molecule has 0 bridgehead atoms. The third kappa shape index (κ3) is 2.98. The van der Waals surface area contributed by atoms with Crippen LogP contribution in [0.1, 0.15) is 42.8 Å². The molecule has 1 unspecified atom stereocenters. The topological polar surface area (TPSA) is 24.9 Å². The van der Waals surface area contributed by atoms with Gasteiger partial charge in [0.2, 0.25) is 0 Å². The molecule has 1 heterocycles. The maximum Gasteiger partial charge on any atom is 0.134 e. The Balaban J connectivity index is 1.98. The second-order valence-corrected chi connectivity index (χ2v) is 6.76. The number of hydrogen-bond donors (Lipinski definition) is 1. The standard InChI is InChI=1S/C16H18ClFN2S/c1-2-9-19-12-7-4-8-13-15(12)21-16(20-13)14-10(17)5-3-6-11(14)18/h3,5-6,12,19H,2,4,7-9H2,1H3. The van der Waals surface area contributed by atoms with Gasteiger partial charge in [-0.25, -0.2) is 9.37 Å². The molecule has 2 nitrogen and oxygen atoms in total. The van der Waals surface area contributed by atoms with E-state index >= 15 is 0 Å². The SMILES string of the molecule is CCCNC1CCCc2nc(-c3c(F)cccc3Cl)sc21. The number of thiazole rings is 1. The van der Waals surface area contributed by atoms with Crippen LogP contribution in [0.25, 0.3) is 10.6 Å². The highest BCUT2D eigenvalue weighted by molar-refractivity contribution is 7.15. The lowest BCUT2D eigenvalue weighted by molar-refractivity contribution is 0.465. The average molecular weight is 325 g/mol. The Morgan fingerprint density at radius 2 is 2.33 bits per heavy atom. The van der Waals surface area contributed by atoms with Crippen LogP contribution >= 0.6 is 22.9 Å². The van der Waals surface area contributed by atoms with Gasteiger partial charge in [0, 0.05) is 10.9 Å².